The predicted octanol–water partition coefficient (Wildman–Crippen LogP) is 5.88. The molecule has 0 aliphatic heterocycles. The van der Waals surface area contributed by atoms with Gasteiger partial charge in [-0.1, -0.05) is 43.0 Å². The van der Waals surface area contributed by atoms with Crippen LogP contribution in [0.15, 0.2) is 76.5 Å². The Morgan fingerprint density at radius 2 is 1.72 bits per heavy atom. The van der Waals surface area contributed by atoms with Crippen molar-refractivity contribution in [2.75, 3.05) is 20.8 Å². The maximum Gasteiger partial charge on any atom is 0.375 e. The number of benzene rings is 3. The number of carbonyl (C=O) groups excluding carboxylic acids is 1. The molecule has 7 nitrogen and oxygen atoms in total. The van der Waals surface area contributed by atoms with Crippen LogP contribution in [-0.2, 0) is 11.3 Å². The molecule has 0 bridgehead atoms. The highest BCUT2D eigenvalue weighted by molar-refractivity contribution is 5.98. The van der Waals surface area contributed by atoms with Crippen molar-refractivity contribution in [3.8, 4) is 28.4 Å². The molecule has 1 aromatic heterocycles. The van der Waals surface area contributed by atoms with Gasteiger partial charge in [-0.05, 0) is 47.9 Å². The first kappa shape index (κ1) is 24.6. The van der Waals surface area contributed by atoms with E-state index in [0.29, 0.717) is 34.8 Å². The largest absolute Gasteiger partial charge is 0.493 e. The van der Waals surface area contributed by atoms with Gasteiger partial charge in [0.25, 0.3) is 0 Å². The Labute approximate surface area is 208 Å². The fraction of sp³-hybridized carbons (Fsp3) is 0.172. The molecule has 36 heavy (non-hydrogen) atoms. The number of esters is 1. The first-order valence-electron chi connectivity index (χ1n) is 11.3. The standard InChI is InChI=1S/C29H26O7/c1-5-18-7-9-19(10-8-18)17-35-21-12-13-22-24(16-21)36-28(29(31)34-6-2)26(27(22)30)20-11-14-23(32-3)25(15-20)33-4/h5,7-16H,1,6,17H2,2-4H3. The lowest BCUT2D eigenvalue weighted by atomic mass is 10.0. The van der Waals surface area contributed by atoms with Gasteiger partial charge in [0.1, 0.15) is 17.9 Å². The third-order valence-electron chi connectivity index (χ3n) is 5.62. The van der Waals surface area contributed by atoms with Crippen molar-refractivity contribution in [2.24, 2.45) is 0 Å². The second-order valence-corrected chi connectivity index (χ2v) is 7.82. The molecule has 0 saturated heterocycles. The lowest BCUT2D eigenvalue weighted by molar-refractivity contribution is 0.0492. The molecule has 0 spiro atoms. The molecule has 3 aromatic carbocycles. The van der Waals surface area contributed by atoms with E-state index in [-0.39, 0.29) is 28.9 Å². The summed E-state index contributed by atoms with van der Waals surface area (Å²) in [5, 5.41) is 0.301. The molecule has 0 atom stereocenters. The minimum atomic E-state index is -0.741. The highest BCUT2D eigenvalue weighted by Crippen LogP contribution is 2.34. The molecule has 7 heteroatoms. The fourth-order valence-corrected chi connectivity index (χ4v) is 3.77. The molecule has 0 aliphatic rings. The summed E-state index contributed by atoms with van der Waals surface area (Å²) >= 11 is 0. The van der Waals surface area contributed by atoms with Crippen LogP contribution in [-0.4, -0.2) is 26.8 Å². The third kappa shape index (κ3) is 4.95. The molecule has 184 valence electrons. The molecular formula is C29H26O7. The monoisotopic (exact) mass is 486 g/mol. The first-order valence-corrected chi connectivity index (χ1v) is 11.3. The van der Waals surface area contributed by atoms with E-state index in [2.05, 4.69) is 6.58 Å². The van der Waals surface area contributed by atoms with Crippen LogP contribution in [0.1, 0.15) is 28.6 Å². The van der Waals surface area contributed by atoms with Crippen LogP contribution in [0.4, 0.5) is 0 Å². The summed E-state index contributed by atoms with van der Waals surface area (Å²) in [5.74, 6) is 0.458. The van der Waals surface area contributed by atoms with E-state index in [9.17, 15) is 9.59 Å². The molecule has 1 heterocycles. The first-order chi connectivity index (χ1) is 17.5. The summed E-state index contributed by atoms with van der Waals surface area (Å²) < 4.78 is 27.7. The summed E-state index contributed by atoms with van der Waals surface area (Å²) in [5.41, 5.74) is 2.35. The average molecular weight is 487 g/mol. The fourth-order valence-electron chi connectivity index (χ4n) is 3.77. The molecule has 0 unspecified atom stereocenters. The molecule has 0 aliphatic carbocycles. The van der Waals surface area contributed by atoms with Crippen LogP contribution in [0, 0.1) is 0 Å². The van der Waals surface area contributed by atoms with Gasteiger partial charge in [0.15, 0.2) is 11.5 Å². The molecule has 0 radical (unpaired) electrons. The van der Waals surface area contributed by atoms with Crippen LogP contribution in [0.3, 0.4) is 0 Å². The minimum Gasteiger partial charge on any atom is -0.493 e. The Bertz CT molecular complexity index is 1470. The van der Waals surface area contributed by atoms with Crippen molar-refractivity contribution in [2.45, 2.75) is 13.5 Å². The number of hydrogen-bond donors (Lipinski definition) is 0. The zero-order valence-corrected chi connectivity index (χ0v) is 20.3. The molecule has 0 amide bonds. The average Bonchev–Trinajstić information content (AvgIpc) is 2.91. The van der Waals surface area contributed by atoms with Gasteiger partial charge in [0.05, 0.1) is 31.8 Å². The number of carbonyl (C=O) groups is 1. The topological polar surface area (TPSA) is 84.2 Å². The van der Waals surface area contributed by atoms with Crippen LogP contribution < -0.4 is 19.6 Å². The van der Waals surface area contributed by atoms with E-state index in [0.717, 1.165) is 11.1 Å². The molecule has 0 fully saturated rings. The van der Waals surface area contributed by atoms with Gasteiger partial charge < -0.3 is 23.4 Å². The van der Waals surface area contributed by atoms with E-state index >= 15 is 0 Å². The van der Waals surface area contributed by atoms with Crippen LogP contribution in [0.5, 0.6) is 17.2 Å². The maximum atomic E-state index is 13.6. The summed E-state index contributed by atoms with van der Waals surface area (Å²) in [7, 11) is 3.01. The van der Waals surface area contributed by atoms with Gasteiger partial charge >= 0.3 is 5.97 Å². The smallest absolute Gasteiger partial charge is 0.375 e. The van der Waals surface area contributed by atoms with Gasteiger partial charge in [0.2, 0.25) is 11.2 Å². The van der Waals surface area contributed by atoms with Crippen molar-refractivity contribution < 1.29 is 28.2 Å². The van der Waals surface area contributed by atoms with Crippen LogP contribution in [0.25, 0.3) is 28.2 Å². The highest BCUT2D eigenvalue weighted by atomic mass is 16.5. The number of fused-ring (bicyclic) bond motifs is 1. The van der Waals surface area contributed by atoms with Crippen molar-refractivity contribution in [3.05, 3.63) is 94.4 Å². The van der Waals surface area contributed by atoms with E-state index < -0.39 is 5.97 Å². The molecule has 4 rings (SSSR count). The Kier molecular flexibility index (Phi) is 7.39. The van der Waals surface area contributed by atoms with Gasteiger partial charge in [-0.15, -0.1) is 0 Å². The zero-order chi connectivity index (χ0) is 25.7. The Morgan fingerprint density at radius 3 is 2.39 bits per heavy atom. The predicted molar refractivity (Wildman–Crippen MR) is 138 cm³/mol. The highest BCUT2D eigenvalue weighted by Gasteiger charge is 2.24. The van der Waals surface area contributed by atoms with Crippen molar-refractivity contribution in [3.63, 3.8) is 0 Å². The molecular weight excluding hydrogens is 460 g/mol. The summed E-state index contributed by atoms with van der Waals surface area (Å²) in [4.78, 5) is 26.4. The van der Waals surface area contributed by atoms with Gasteiger partial charge in [-0.25, -0.2) is 4.79 Å². The SMILES string of the molecule is C=Cc1ccc(COc2ccc3c(=O)c(-c4ccc(OC)c(OC)c4)c(C(=O)OCC)oc3c2)cc1. The normalized spacial score (nSPS) is 10.6. The van der Waals surface area contributed by atoms with Crippen LogP contribution in [0.2, 0.25) is 0 Å². The molecule has 4 aromatic rings. The van der Waals surface area contributed by atoms with E-state index in [1.807, 2.05) is 24.3 Å². The van der Waals surface area contributed by atoms with Crippen molar-refractivity contribution in [1.82, 2.24) is 0 Å². The number of rotatable bonds is 9. The number of ether oxygens (including phenoxy) is 4. The number of methoxy groups -OCH3 is 2. The van der Waals surface area contributed by atoms with Crippen molar-refractivity contribution >= 4 is 23.0 Å². The Morgan fingerprint density at radius 1 is 0.972 bits per heavy atom. The van der Waals surface area contributed by atoms with Gasteiger partial charge in [-0.3, -0.25) is 4.79 Å². The molecule has 0 saturated carbocycles. The Hall–Kier alpha value is -4.52. The second-order valence-electron chi connectivity index (χ2n) is 7.82. The zero-order valence-electron chi connectivity index (χ0n) is 20.3. The van der Waals surface area contributed by atoms with Gasteiger partial charge in [0, 0.05) is 6.07 Å². The van der Waals surface area contributed by atoms with E-state index in [1.54, 1.807) is 49.4 Å². The maximum absolute atomic E-state index is 13.6. The van der Waals surface area contributed by atoms with Gasteiger partial charge in [-0.2, -0.15) is 0 Å². The lowest BCUT2D eigenvalue weighted by Crippen LogP contribution is -2.15. The summed E-state index contributed by atoms with van der Waals surface area (Å²) in [6.45, 7) is 5.88. The van der Waals surface area contributed by atoms with E-state index in [4.69, 9.17) is 23.4 Å². The number of hydrogen-bond acceptors (Lipinski definition) is 7. The Balaban J connectivity index is 1.77. The quantitative estimate of drug-likeness (QED) is 0.273. The van der Waals surface area contributed by atoms with E-state index in [1.165, 1.54) is 14.2 Å². The van der Waals surface area contributed by atoms with Crippen molar-refractivity contribution in [1.29, 1.82) is 0 Å². The minimum absolute atomic E-state index is 0.0814. The second kappa shape index (κ2) is 10.8. The third-order valence-corrected chi connectivity index (χ3v) is 5.62. The summed E-state index contributed by atoms with van der Waals surface area (Å²) in [6.07, 6.45) is 1.77. The lowest BCUT2D eigenvalue weighted by Gasteiger charge is -2.13. The summed E-state index contributed by atoms with van der Waals surface area (Å²) in [6, 6.07) is 17.7. The molecule has 0 N–H and O–H groups in total. The van der Waals surface area contributed by atoms with Crippen LogP contribution >= 0.6 is 0 Å².